The Balaban J connectivity index is 1.92. The molecular formula is C17H18ClNO2S. The van der Waals surface area contributed by atoms with Gasteiger partial charge in [-0.25, -0.2) is 0 Å². The number of benzene rings is 2. The van der Waals surface area contributed by atoms with Crippen molar-refractivity contribution in [2.75, 3.05) is 18.2 Å². The van der Waals surface area contributed by atoms with Gasteiger partial charge in [-0.3, -0.25) is 4.79 Å². The lowest BCUT2D eigenvalue weighted by atomic mass is 10.2. The van der Waals surface area contributed by atoms with Gasteiger partial charge < -0.3 is 10.1 Å². The van der Waals surface area contributed by atoms with Crippen LogP contribution in [0.3, 0.4) is 0 Å². The fourth-order valence-corrected chi connectivity index (χ4v) is 2.98. The summed E-state index contributed by atoms with van der Waals surface area (Å²) in [6.45, 7) is 2.09. The minimum absolute atomic E-state index is 0.0756. The highest BCUT2D eigenvalue weighted by Gasteiger charge is 2.11. The molecule has 0 aliphatic heterocycles. The van der Waals surface area contributed by atoms with Crippen molar-refractivity contribution in [2.24, 2.45) is 0 Å². The number of ether oxygens (including phenoxy) is 1. The average molecular weight is 336 g/mol. The summed E-state index contributed by atoms with van der Waals surface area (Å²) in [5, 5.41) is 3.65. The maximum Gasteiger partial charge on any atom is 0.234 e. The molecule has 0 radical (unpaired) electrons. The molecule has 0 saturated carbocycles. The lowest BCUT2D eigenvalue weighted by Gasteiger charge is -2.13. The highest BCUT2D eigenvalue weighted by atomic mass is 35.5. The molecule has 116 valence electrons. The maximum atomic E-state index is 12.1. The number of nitrogens with one attached hydrogen (secondary N) is 1. The van der Waals surface area contributed by atoms with Gasteiger partial charge in [0.05, 0.1) is 18.6 Å². The lowest BCUT2D eigenvalue weighted by molar-refractivity contribution is -0.113. The molecule has 0 unspecified atom stereocenters. The Bertz CT molecular complexity index is 634. The Hall–Kier alpha value is -1.65. The number of thioether (sulfide) groups is 1. The second kappa shape index (κ2) is 8.11. The lowest BCUT2D eigenvalue weighted by Crippen LogP contribution is -2.15. The van der Waals surface area contributed by atoms with Gasteiger partial charge in [-0.2, -0.15) is 0 Å². The molecular weight excluding hydrogens is 318 g/mol. The van der Waals surface area contributed by atoms with Crippen LogP contribution in [0.2, 0.25) is 5.02 Å². The zero-order valence-corrected chi connectivity index (χ0v) is 14.1. The zero-order valence-electron chi connectivity index (χ0n) is 12.5. The van der Waals surface area contributed by atoms with Gasteiger partial charge in [-0.05, 0) is 30.7 Å². The number of anilines is 1. The van der Waals surface area contributed by atoms with Crippen molar-refractivity contribution in [3.8, 4) is 5.75 Å². The predicted octanol–water partition coefficient (Wildman–Crippen LogP) is 4.78. The molecule has 22 heavy (non-hydrogen) atoms. The molecule has 0 aliphatic carbocycles. The van der Waals surface area contributed by atoms with E-state index in [4.69, 9.17) is 16.3 Å². The van der Waals surface area contributed by atoms with E-state index in [0.29, 0.717) is 22.2 Å². The molecule has 0 aromatic heterocycles. The van der Waals surface area contributed by atoms with Crippen LogP contribution < -0.4 is 10.1 Å². The van der Waals surface area contributed by atoms with E-state index in [1.54, 1.807) is 37.1 Å². The van der Waals surface area contributed by atoms with Crippen LogP contribution in [0.25, 0.3) is 0 Å². The van der Waals surface area contributed by atoms with E-state index in [0.717, 1.165) is 0 Å². The molecule has 1 atom stereocenters. The van der Waals surface area contributed by atoms with E-state index in [1.807, 2.05) is 18.2 Å². The van der Waals surface area contributed by atoms with Crippen LogP contribution in [0, 0.1) is 0 Å². The summed E-state index contributed by atoms with van der Waals surface area (Å²) in [5.74, 6) is 0.887. The number of carbonyl (C=O) groups excluding carboxylic acids is 1. The third-order valence-electron chi connectivity index (χ3n) is 3.17. The molecule has 2 aromatic carbocycles. The molecule has 1 N–H and O–H groups in total. The molecule has 0 fully saturated rings. The molecule has 2 rings (SSSR count). The van der Waals surface area contributed by atoms with Crippen LogP contribution >= 0.6 is 23.4 Å². The average Bonchev–Trinajstić information content (AvgIpc) is 2.53. The number of hydrogen-bond acceptors (Lipinski definition) is 3. The number of halogens is 1. The SMILES string of the molecule is COc1ccc(Cl)cc1NC(=O)CS[C@@H](C)c1ccccc1. The van der Waals surface area contributed by atoms with E-state index in [-0.39, 0.29) is 11.2 Å². The first-order valence-corrected chi connectivity index (χ1v) is 8.32. The van der Waals surface area contributed by atoms with Gasteiger partial charge in [0.2, 0.25) is 5.91 Å². The topological polar surface area (TPSA) is 38.3 Å². The Labute approximate surface area is 140 Å². The van der Waals surface area contributed by atoms with Crippen LogP contribution in [-0.4, -0.2) is 18.8 Å². The Kier molecular flexibility index (Phi) is 6.16. The van der Waals surface area contributed by atoms with Crippen molar-refractivity contribution in [3.63, 3.8) is 0 Å². The van der Waals surface area contributed by atoms with Crippen LogP contribution in [0.5, 0.6) is 5.75 Å². The smallest absolute Gasteiger partial charge is 0.234 e. The summed E-state index contributed by atoms with van der Waals surface area (Å²) in [6, 6.07) is 15.3. The van der Waals surface area contributed by atoms with Crippen LogP contribution in [0.15, 0.2) is 48.5 Å². The van der Waals surface area contributed by atoms with Crippen molar-refractivity contribution in [3.05, 3.63) is 59.1 Å². The molecule has 0 aliphatic rings. The highest BCUT2D eigenvalue weighted by molar-refractivity contribution is 8.00. The first kappa shape index (κ1) is 16.7. The first-order chi connectivity index (χ1) is 10.6. The molecule has 0 bridgehead atoms. The van der Waals surface area contributed by atoms with Crippen molar-refractivity contribution in [1.29, 1.82) is 0 Å². The van der Waals surface area contributed by atoms with Crippen molar-refractivity contribution in [1.82, 2.24) is 0 Å². The second-order valence-corrected chi connectivity index (χ2v) is 6.52. The van der Waals surface area contributed by atoms with Crippen molar-refractivity contribution >= 4 is 35.0 Å². The van der Waals surface area contributed by atoms with Crippen molar-refractivity contribution < 1.29 is 9.53 Å². The van der Waals surface area contributed by atoms with Gasteiger partial charge in [0.15, 0.2) is 0 Å². The molecule has 1 amide bonds. The minimum Gasteiger partial charge on any atom is -0.495 e. The van der Waals surface area contributed by atoms with E-state index in [9.17, 15) is 4.79 Å². The van der Waals surface area contributed by atoms with Gasteiger partial charge >= 0.3 is 0 Å². The fourth-order valence-electron chi connectivity index (χ4n) is 1.99. The van der Waals surface area contributed by atoms with E-state index in [1.165, 1.54) is 5.56 Å². The van der Waals surface area contributed by atoms with Crippen LogP contribution in [-0.2, 0) is 4.79 Å². The molecule has 3 nitrogen and oxygen atoms in total. The van der Waals surface area contributed by atoms with Gasteiger partial charge in [-0.1, -0.05) is 41.9 Å². The van der Waals surface area contributed by atoms with Gasteiger partial charge in [0.25, 0.3) is 0 Å². The third kappa shape index (κ3) is 4.68. The predicted molar refractivity (Wildman–Crippen MR) is 93.9 cm³/mol. The zero-order chi connectivity index (χ0) is 15.9. The van der Waals surface area contributed by atoms with Crippen molar-refractivity contribution in [2.45, 2.75) is 12.2 Å². The first-order valence-electron chi connectivity index (χ1n) is 6.90. The highest BCUT2D eigenvalue weighted by Crippen LogP contribution is 2.30. The maximum absolute atomic E-state index is 12.1. The number of amides is 1. The summed E-state index contributed by atoms with van der Waals surface area (Å²) in [4.78, 5) is 12.1. The summed E-state index contributed by atoms with van der Waals surface area (Å²) in [7, 11) is 1.56. The standard InChI is InChI=1S/C17H18ClNO2S/c1-12(13-6-4-3-5-7-13)22-11-17(20)19-15-10-14(18)8-9-16(15)21-2/h3-10,12H,11H2,1-2H3,(H,19,20)/t12-/m0/s1. The quantitative estimate of drug-likeness (QED) is 0.825. The van der Waals surface area contributed by atoms with E-state index >= 15 is 0 Å². The van der Waals surface area contributed by atoms with Crippen LogP contribution in [0.1, 0.15) is 17.7 Å². The fraction of sp³-hybridized carbons (Fsp3) is 0.235. The summed E-state index contributed by atoms with van der Waals surface area (Å²) < 4.78 is 5.22. The number of hydrogen-bond donors (Lipinski definition) is 1. The molecule has 2 aromatic rings. The third-order valence-corrected chi connectivity index (χ3v) is 4.61. The Morgan fingerprint density at radius 3 is 2.68 bits per heavy atom. The summed E-state index contributed by atoms with van der Waals surface area (Å²) >= 11 is 7.54. The minimum atomic E-state index is -0.0756. The Morgan fingerprint density at radius 1 is 1.27 bits per heavy atom. The number of methoxy groups -OCH3 is 1. The van der Waals surface area contributed by atoms with E-state index in [2.05, 4.69) is 24.4 Å². The van der Waals surface area contributed by atoms with Gasteiger partial charge in [0, 0.05) is 10.3 Å². The molecule has 5 heteroatoms. The number of carbonyl (C=O) groups is 1. The summed E-state index contributed by atoms with van der Waals surface area (Å²) in [6.07, 6.45) is 0. The normalized spacial score (nSPS) is 11.8. The largest absolute Gasteiger partial charge is 0.495 e. The van der Waals surface area contributed by atoms with E-state index < -0.39 is 0 Å². The second-order valence-electron chi connectivity index (χ2n) is 4.76. The van der Waals surface area contributed by atoms with Crippen LogP contribution in [0.4, 0.5) is 5.69 Å². The molecule has 0 spiro atoms. The summed E-state index contributed by atoms with van der Waals surface area (Å²) in [5.41, 5.74) is 1.80. The van der Waals surface area contributed by atoms with Gasteiger partial charge in [0.1, 0.15) is 5.75 Å². The number of rotatable bonds is 6. The Morgan fingerprint density at radius 2 is 2.00 bits per heavy atom. The molecule has 0 saturated heterocycles. The molecule has 0 heterocycles. The van der Waals surface area contributed by atoms with Gasteiger partial charge in [-0.15, -0.1) is 11.8 Å². The monoisotopic (exact) mass is 335 g/mol.